The molecule has 0 aromatic carbocycles. The maximum absolute atomic E-state index is 12.7. The Kier molecular flexibility index (Phi) is 4.50. The minimum absolute atomic E-state index is 0.246. The van der Waals surface area contributed by atoms with E-state index in [9.17, 15) is 4.79 Å². The molecular weight excluding hydrogens is 318 g/mol. The van der Waals surface area contributed by atoms with Gasteiger partial charge in [0.15, 0.2) is 17.0 Å². The van der Waals surface area contributed by atoms with Gasteiger partial charge in [0.05, 0.1) is 0 Å². The number of hydrogen-bond acceptors (Lipinski definition) is 6. The van der Waals surface area contributed by atoms with Crippen LogP contribution in [0.2, 0.25) is 0 Å². The maximum atomic E-state index is 12.7. The molecule has 0 spiro atoms. The Morgan fingerprint density at radius 3 is 2.60 bits per heavy atom. The first-order valence-corrected chi connectivity index (χ1v) is 9.36. The first-order chi connectivity index (χ1) is 12.3. The Morgan fingerprint density at radius 2 is 1.88 bits per heavy atom. The molecule has 0 atom stereocenters. The van der Waals surface area contributed by atoms with E-state index in [1.165, 1.54) is 19.3 Å². The van der Waals surface area contributed by atoms with Gasteiger partial charge in [0, 0.05) is 38.6 Å². The van der Waals surface area contributed by atoms with Crippen molar-refractivity contribution >= 4 is 22.9 Å². The van der Waals surface area contributed by atoms with E-state index in [0.29, 0.717) is 5.91 Å². The summed E-state index contributed by atoms with van der Waals surface area (Å²) in [6.07, 6.45) is 7.37. The zero-order chi connectivity index (χ0) is 17.2. The van der Waals surface area contributed by atoms with Crippen molar-refractivity contribution in [2.75, 3.05) is 31.1 Å². The Morgan fingerprint density at radius 1 is 1.12 bits per heavy atom. The highest BCUT2D eigenvalue weighted by Crippen LogP contribution is 2.27. The lowest BCUT2D eigenvalue weighted by Crippen LogP contribution is -2.50. The molecule has 2 aliphatic rings. The number of fused-ring (bicyclic) bond motifs is 1. The predicted octanol–water partition coefficient (Wildman–Crippen LogP) is 1.47. The molecule has 0 bridgehead atoms. The van der Waals surface area contributed by atoms with Crippen LogP contribution in [0.25, 0.3) is 11.2 Å². The van der Waals surface area contributed by atoms with Crippen LogP contribution in [0.1, 0.15) is 39.0 Å². The number of aryl methyl sites for hydroxylation is 1. The van der Waals surface area contributed by atoms with Gasteiger partial charge >= 0.3 is 0 Å². The van der Waals surface area contributed by atoms with E-state index in [4.69, 9.17) is 0 Å². The van der Waals surface area contributed by atoms with Crippen LogP contribution in [-0.4, -0.2) is 61.9 Å². The number of rotatable bonds is 3. The van der Waals surface area contributed by atoms with Gasteiger partial charge in [-0.3, -0.25) is 4.79 Å². The normalized spacial score (nSPS) is 19.6. The van der Waals surface area contributed by atoms with Crippen LogP contribution in [-0.2, 0) is 11.3 Å². The molecular formula is C17H25N7O. The molecule has 134 valence electrons. The largest absolute Gasteiger partial charge is 0.351 e. The molecule has 2 aromatic heterocycles. The Bertz CT molecular complexity index is 745. The first-order valence-electron chi connectivity index (χ1n) is 9.36. The zero-order valence-electron chi connectivity index (χ0n) is 14.8. The molecule has 1 saturated carbocycles. The monoisotopic (exact) mass is 343 g/mol. The topological polar surface area (TPSA) is 80.0 Å². The summed E-state index contributed by atoms with van der Waals surface area (Å²) in [6.45, 7) is 5.82. The predicted molar refractivity (Wildman–Crippen MR) is 94.2 cm³/mol. The minimum atomic E-state index is 0.246. The van der Waals surface area contributed by atoms with Gasteiger partial charge in [-0.05, 0) is 19.8 Å². The number of hydrogen-bond donors (Lipinski definition) is 0. The molecule has 3 heterocycles. The first kappa shape index (κ1) is 16.2. The molecule has 8 nitrogen and oxygen atoms in total. The van der Waals surface area contributed by atoms with Crippen LogP contribution < -0.4 is 4.90 Å². The highest BCUT2D eigenvalue weighted by atomic mass is 16.2. The van der Waals surface area contributed by atoms with Crippen molar-refractivity contribution in [3.05, 3.63) is 6.33 Å². The third kappa shape index (κ3) is 3.05. The number of anilines is 1. The zero-order valence-corrected chi connectivity index (χ0v) is 14.8. The minimum Gasteiger partial charge on any atom is -0.351 e. The Labute approximate surface area is 147 Å². The van der Waals surface area contributed by atoms with Gasteiger partial charge in [-0.15, -0.1) is 5.10 Å². The summed E-state index contributed by atoms with van der Waals surface area (Å²) < 4.78 is 1.78. The molecule has 2 fully saturated rings. The summed E-state index contributed by atoms with van der Waals surface area (Å²) in [5.41, 5.74) is 1.52. The molecule has 0 N–H and O–H groups in total. The Balaban J connectivity index is 1.45. The second-order valence-corrected chi connectivity index (χ2v) is 6.92. The van der Waals surface area contributed by atoms with Crippen molar-refractivity contribution in [2.24, 2.45) is 5.92 Å². The SMILES string of the molecule is CCn1nnc2c(N3CCN(C(=O)C4CCCCC4)CC3)ncnc21. The highest BCUT2D eigenvalue weighted by molar-refractivity contribution is 5.83. The number of carbonyl (C=O) groups is 1. The second-order valence-electron chi connectivity index (χ2n) is 6.92. The van der Waals surface area contributed by atoms with Crippen LogP contribution in [0.5, 0.6) is 0 Å². The third-order valence-corrected chi connectivity index (χ3v) is 5.43. The fraction of sp³-hybridized carbons (Fsp3) is 0.706. The second kappa shape index (κ2) is 6.93. The van der Waals surface area contributed by atoms with E-state index >= 15 is 0 Å². The van der Waals surface area contributed by atoms with Gasteiger partial charge in [0.2, 0.25) is 5.91 Å². The summed E-state index contributed by atoms with van der Waals surface area (Å²) in [5, 5.41) is 8.40. The van der Waals surface area contributed by atoms with Gasteiger partial charge in [-0.2, -0.15) is 0 Å². The van der Waals surface area contributed by atoms with E-state index in [2.05, 4.69) is 25.2 Å². The van der Waals surface area contributed by atoms with Gasteiger partial charge in [-0.25, -0.2) is 14.6 Å². The number of nitrogens with zero attached hydrogens (tertiary/aromatic N) is 7. The number of aromatic nitrogens is 5. The maximum Gasteiger partial charge on any atom is 0.225 e. The van der Waals surface area contributed by atoms with E-state index in [-0.39, 0.29) is 5.92 Å². The molecule has 4 rings (SSSR count). The number of piperazine rings is 1. The molecule has 8 heteroatoms. The summed E-state index contributed by atoms with van der Waals surface area (Å²) in [4.78, 5) is 25.7. The number of amides is 1. The summed E-state index contributed by atoms with van der Waals surface area (Å²) in [7, 11) is 0. The smallest absolute Gasteiger partial charge is 0.225 e. The van der Waals surface area contributed by atoms with Gasteiger partial charge in [0.25, 0.3) is 0 Å². The van der Waals surface area contributed by atoms with E-state index in [1.54, 1.807) is 11.0 Å². The summed E-state index contributed by atoms with van der Waals surface area (Å²) >= 11 is 0. The molecule has 2 aromatic rings. The van der Waals surface area contributed by atoms with Gasteiger partial charge < -0.3 is 9.80 Å². The standard InChI is InChI=1S/C17H25N7O/c1-2-24-16-14(20-21-24)15(18-12-19-16)22-8-10-23(11-9-22)17(25)13-6-4-3-5-7-13/h12-13H,2-11H2,1H3. The van der Waals surface area contributed by atoms with Crippen molar-refractivity contribution in [2.45, 2.75) is 45.6 Å². The number of carbonyl (C=O) groups excluding carboxylic acids is 1. The summed E-state index contributed by atoms with van der Waals surface area (Å²) in [5.74, 6) is 1.43. The van der Waals surface area contributed by atoms with E-state index in [1.807, 2.05) is 11.8 Å². The van der Waals surface area contributed by atoms with Crippen LogP contribution in [0, 0.1) is 5.92 Å². The van der Waals surface area contributed by atoms with Crippen LogP contribution in [0.3, 0.4) is 0 Å². The lowest BCUT2D eigenvalue weighted by atomic mass is 9.88. The fourth-order valence-corrected chi connectivity index (χ4v) is 3.97. The molecule has 1 saturated heterocycles. The van der Waals surface area contributed by atoms with Crippen molar-refractivity contribution in [1.29, 1.82) is 0 Å². The van der Waals surface area contributed by atoms with Crippen LogP contribution in [0.4, 0.5) is 5.82 Å². The van der Waals surface area contributed by atoms with Crippen molar-refractivity contribution in [1.82, 2.24) is 29.9 Å². The lowest BCUT2D eigenvalue weighted by molar-refractivity contribution is -0.136. The van der Waals surface area contributed by atoms with Gasteiger partial charge in [0.1, 0.15) is 6.33 Å². The average molecular weight is 343 g/mol. The van der Waals surface area contributed by atoms with Crippen molar-refractivity contribution < 1.29 is 4.79 Å². The molecule has 25 heavy (non-hydrogen) atoms. The highest BCUT2D eigenvalue weighted by Gasteiger charge is 2.29. The van der Waals surface area contributed by atoms with E-state index in [0.717, 1.165) is 62.5 Å². The molecule has 0 unspecified atom stereocenters. The Hall–Kier alpha value is -2.25. The van der Waals surface area contributed by atoms with E-state index < -0.39 is 0 Å². The van der Waals surface area contributed by atoms with Crippen molar-refractivity contribution in [3.63, 3.8) is 0 Å². The molecule has 0 radical (unpaired) electrons. The lowest BCUT2D eigenvalue weighted by Gasteiger charge is -2.37. The van der Waals surface area contributed by atoms with Crippen molar-refractivity contribution in [3.8, 4) is 0 Å². The van der Waals surface area contributed by atoms with Gasteiger partial charge in [-0.1, -0.05) is 24.5 Å². The van der Waals surface area contributed by atoms with Crippen LogP contribution >= 0.6 is 0 Å². The quantitative estimate of drug-likeness (QED) is 0.840. The third-order valence-electron chi connectivity index (χ3n) is 5.43. The fourth-order valence-electron chi connectivity index (χ4n) is 3.97. The molecule has 1 aliphatic heterocycles. The molecule has 1 aliphatic carbocycles. The summed E-state index contributed by atoms with van der Waals surface area (Å²) in [6, 6.07) is 0. The molecule has 1 amide bonds. The van der Waals surface area contributed by atoms with Crippen LogP contribution in [0.15, 0.2) is 6.33 Å². The average Bonchev–Trinajstić information content (AvgIpc) is 3.11.